The first kappa shape index (κ1) is 11.9. The molecule has 1 aromatic rings. The second kappa shape index (κ2) is 4.14. The van der Waals surface area contributed by atoms with Crippen molar-refractivity contribution in [3.63, 3.8) is 0 Å². The molecule has 0 aliphatic heterocycles. The standard InChI is InChI=1S/C7H5Cl3O3S/c1-4-2-7(13-14(10,11)12)6(9)3-5(4)8/h2-3H,1H3. The number of halogens is 3. The van der Waals surface area contributed by atoms with Crippen molar-refractivity contribution < 1.29 is 12.6 Å². The van der Waals surface area contributed by atoms with Crippen LogP contribution in [-0.4, -0.2) is 8.42 Å². The maximum atomic E-state index is 10.6. The van der Waals surface area contributed by atoms with Gasteiger partial charge in [0.2, 0.25) is 0 Å². The first-order valence-corrected chi connectivity index (χ1v) is 6.38. The van der Waals surface area contributed by atoms with Crippen LogP contribution in [0, 0.1) is 6.92 Å². The molecule has 0 saturated carbocycles. The van der Waals surface area contributed by atoms with Gasteiger partial charge >= 0.3 is 9.33 Å². The molecular weight excluding hydrogens is 270 g/mol. The minimum Gasteiger partial charge on any atom is -0.369 e. The fourth-order valence-electron chi connectivity index (χ4n) is 0.802. The first-order valence-electron chi connectivity index (χ1n) is 3.39. The molecule has 14 heavy (non-hydrogen) atoms. The van der Waals surface area contributed by atoms with E-state index in [-0.39, 0.29) is 10.8 Å². The molecule has 0 saturated heterocycles. The van der Waals surface area contributed by atoms with E-state index in [1.807, 2.05) is 0 Å². The van der Waals surface area contributed by atoms with Crippen LogP contribution in [0.2, 0.25) is 10.0 Å². The molecule has 0 N–H and O–H groups in total. The number of aryl methyl sites for hydroxylation is 1. The molecular formula is C7H5Cl3O3S. The van der Waals surface area contributed by atoms with Crippen LogP contribution in [-0.2, 0) is 9.33 Å². The Bertz CT molecular complexity index is 455. The molecule has 0 radical (unpaired) electrons. The van der Waals surface area contributed by atoms with Crippen LogP contribution in [0.5, 0.6) is 5.75 Å². The molecule has 0 unspecified atom stereocenters. The Morgan fingerprint density at radius 1 is 1.21 bits per heavy atom. The van der Waals surface area contributed by atoms with E-state index in [0.717, 1.165) is 0 Å². The van der Waals surface area contributed by atoms with Crippen molar-refractivity contribution in [3.8, 4) is 5.75 Å². The van der Waals surface area contributed by atoms with Gasteiger partial charge in [-0.05, 0) is 24.6 Å². The van der Waals surface area contributed by atoms with Gasteiger partial charge in [0.05, 0.1) is 15.7 Å². The molecule has 0 aliphatic rings. The summed E-state index contributed by atoms with van der Waals surface area (Å²) in [6, 6.07) is 2.78. The molecule has 0 atom stereocenters. The minimum atomic E-state index is -4.08. The highest BCUT2D eigenvalue weighted by Crippen LogP contribution is 2.31. The Morgan fingerprint density at radius 3 is 2.29 bits per heavy atom. The van der Waals surface area contributed by atoms with Crippen LogP contribution >= 0.6 is 33.9 Å². The second-order valence-electron chi connectivity index (χ2n) is 2.51. The van der Waals surface area contributed by atoms with Crippen molar-refractivity contribution in [2.75, 3.05) is 0 Å². The number of rotatable bonds is 2. The van der Waals surface area contributed by atoms with Gasteiger partial charge in [-0.15, -0.1) is 0 Å². The van der Waals surface area contributed by atoms with Crippen molar-refractivity contribution >= 4 is 43.2 Å². The van der Waals surface area contributed by atoms with Crippen molar-refractivity contribution in [2.24, 2.45) is 0 Å². The fourth-order valence-corrected chi connectivity index (χ4v) is 1.83. The van der Waals surface area contributed by atoms with Gasteiger partial charge in [0.25, 0.3) is 0 Å². The highest BCUT2D eigenvalue weighted by Gasteiger charge is 2.12. The third-order valence-corrected chi connectivity index (χ3v) is 2.67. The molecule has 78 valence electrons. The highest BCUT2D eigenvalue weighted by molar-refractivity contribution is 8.10. The van der Waals surface area contributed by atoms with Crippen molar-refractivity contribution in [1.82, 2.24) is 0 Å². The third kappa shape index (κ3) is 3.20. The SMILES string of the molecule is Cc1cc(OS(=O)(=O)Cl)c(Cl)cc1Cl. The molecule has 0 spiro atoms. The molecule has 0 heterocycles. The first-order chi connectivity index (χ1) is 6.29. The van der Waals surface area contributed by atoms with Crippen molar-refractivity contribution in [2.45, 2.75) is 6.92 Å². The molecule has 0 amide bonds. The van der Waals surface area contributed by atoms with Gasteiger partial charge in [0, 0.05) is 5.02 Å². The lowest BCUT2D eigenvalue weighted by Gasteiger charge is -2.05. The number of hydrogen-bond donors (Lipinski definition) is 0. The average molecular weight is 276 g/mol. The van der Waals surface area contributed by atoms with E-state index in [9.17, 15) is 8.42 Å². The summed E-state index contributed by atoms with van der Waals surface area (Å²) in [5, 5.41) is 0.513. The molecule has 7 heteroatoms. The van der Waals surface area contributed by atoms with Gasteiger partial charge in [0.15, 0.2) is 5.75 Å². The van der Waals surface area contributed by atoms with E-state index < -0.39 is 9.33 Å². The smallest absolute Gasteiger partial charge is 0.369 e. The van der Waals surface area contributed by atoms with Gasteiger partial charge in [-0.3, -0.25) is 0 Å². The van der Waals surface area contributed by atoms with Crippen molar-refractivity contribution in [1.29, 1.82) is 0 Å². The van der Waals surface area contributed by atoms with Gasteiger partial charge in [-0.2, -0.15) is 8.42 Å². The van der Waals surface area contributed by atoms with Crippen LogP contribution in [0.25, 0.3) is 0 Å². The molecule has 0 fully saturated rings. The lowest BCUT2D eigenvalue weighted by molar-refractivity contribution is 0.503. The Labute approximate surface area is 96.2 Å². The molecule has 0 aromatic heterocycles. The van der Waals surface area contributed by atoms with Crippen LogP contribution in [0.4, 0.5) is 0 Å². The average Bonchev–Trinajstić information content (AvgIpc) is 1.97. The van der Waals surface area contributed by atoms with Crippen molar-refractivity contribution in [3.05, 3.63) is 27.7 Å². The summed E-state index contributed by atoms with van der Waals surface area (Å²) in [6.07, 6.45) is 0. The summed E-state index contributed by atoms with van der Waals surface area (Å²) < 4.78 is 25.6. The van der Waals surface area contributed by atoms with E-state index >= 15 is 0 Å². The van der Waals surface area contributed by atoms with Crippen LogP contribution in [0.3, 0.4) is 0 Å². The number of hydrogen-bond acceptors (Lipinski definition) is 3. The quantitative estimate of drug-likeness (QED) is 0.779. The summed E-state index contributed by atoms with van der Waals surface area (Å²) in [6.45, 7) is 1.69. The van der Waals surface area contributed by atoms with Crippen LogP contribution in [0.15, 0.2) is 12.1 Å². The largest absolute Gasteiger partial charge is 0.401 e. The maximum Gasteiger partial charge on any atom is 0.401 e. The zero-order chi connectivity index (χ0) is 10.9. The summed E-state index contributed by atoms with van der Waals surface area (Å²) in [7, 11) is 0.806. The number of benzene rings is 1. The molecule has 1 rings (SSSR count). The monoisotopic (exact) mass is 274 g/mol. The topological polar surface area (TPSA) is 43.4 Å². The van der Waals surface area contributed by atoms with E-state index in [2.05, 4.69) is 4.18 Å². The Morgan fingerprint density at radius 2 is 1.79 bits per heavy atom. The summed E-state index contributed by atoms with van der Waals surface area (Å²) in [5.41, 5.74) is 0.645. The zero-order valence-electron chi connectivity index (χ0n) is 6.92. The maximum absolute atomic E-state index is 10.6. The van der Waals surface area contributed by atoms with Gasteiger partial charge in [-0.1, -0.05) is 23.2 Å². The predicted molar refractivity (Wildman–Crippen MR) is 56.6 cm³/mol. The fraction of sp³-hybridized carbons (Fsp3) is 0.143. The Kier molecular flexibility index (Phi) is 3.53. The summed E-state index contributed by atoms with van der Waals surface area (Å²) in [5.74, 6) is -0.0384. The second-order valence-corrected chi connectivity index (χ2v) is 5.41. The van der Waals surface area contributed by atoms with E-state index in [4.69, 9.17) is 33.9 Å². The van der Waals surface area contributed by atoms with E-state index in [0.29, 0.717) is 10.6 Å². The van der Waals surface area contributed by atoms with Crippen LogP contribution in [0.1, 0.15) is 5.56 Å². The predicted octanol–water partition coefficient (Wildman–Crippen LogP) is 3.16. The summed E-state index contributed by atoms with van der Waals surface area (Å²) in [4.78, 5) is 0. The normalized spacial score (nSPS) is 11.4. The third-order valence-electron chi connectivity index (χ3n) is 1.40. The highest BCUT2D eigenvalue weighted by atomic mass is 35.7. The lowest BCUT2D eigenvalue weighted by atomic mass is 10.2. The Balaban J connectivity index is 3.17. The summed E-state index contributed by atoms with van der Waals surface area (Å²) >= 11 is 11.4. The van der Waals surface area contributed by atoms with Gasteiger partial charge in [0.1, 0.15) is 0 Å². The lowest BCUT2D eigenvalue weighted by Crippen LogP contribution is -2.00. The van der Waals surface area contributed by atoms with E-state index in [1.165, 1.54) is 12.1 Å². The Hall–Kier alpha value is -0.160. The molecule has 3 nitrogen and oxygen atoms in total. The molecule has 0 aliphatic carbocycles. The van der Waals surface area contributed by atoms with Gasteiger partial charge < -0.3 is 4.18 Å². The zero-order valence-corrected chi connectivity index (χ0v) is 10.0. The molecule has 1 aromatic carbocycles. The molecule has 0 bridgehead atoms. The van der Waals surface area contributed by atoms with Crippen LogP contribution < -0.4 is 4.18 Å². The van der Waals surface area contributed by atoms with Gasteiger partial charge in [-0.25, -0.2) is 0 Å². The minimum absolute atomic E-state index is 0.0384. The van der Waals surface area contributed by atoms with E-state index in [1.54, 1.807) is 6.92 Å².